The number of benzene rings is 1. The van der Waals surface area contributed by atoms with Gasteiger partial charge in [0.15, 0.2) is 0 Å². The molecule has 0 bridgehead atoms. The molecule has 3 nitrogen and oxygen atoms in total. The van der Waals surface area contributed by atoms with Crippen LogP contribution in [0.4, 0.5) is 5.95 Å². The minimum atomic E-state index is 0.401. The van der Waals surface area contributed by atoms with Crippen molar-refractivity contribution in [2.24, 2.45) is 0 Å². The minimum Gasteiger partial charge on any atom is -0.353 e. The molecule has 0 saturated carbocycles. The Kier molecular flexibility index (Phi) is 4.03. The highest BCUT2D eigenvalue weighted by Gasteiger charge is 2.09. The van der Waals surface area contributed by atoms with E-state index in [9.17, 15) is 0 Å². The Hall–Kier alpha value is -1.77. The van der Waals surface area contributed by atoms with Crippen LogP contribution in [0.5, 0.6) is 0 Å². The summed E-state index contributed by atoms with van der Waals surface area (Å²) in [6, 6.07) is 11.0. The molecule has 0 saturated heterocycles. The quantitative estimate of drug-likeness (QED) is 0.871. The summed E-state index contributed by atoms with van der Waals surface area (Å²) >= 11 is 0. The molecule has 2 aromatic rings. The summed E-state index contributed by atoms with van der Waals surface area (Å²) in [6.45, 7) is 7.44. The fraction of sp³-hybridized carbons (Fsp3) is 0.400. The van der Waals surface area contributed by atoms with Gasteiger partial charge in [-0.1, -0.05) is 37.3 Å². The Morgan fingerprint density at radius 3 is 2.56 bits per heavy atom. The summed E-state index contributed by atoms with van der Waals surface area (Å²) in [4.78, 5) is 4.35. The lowest BCUT2D eigenvalue weighted by Gasteiger charge is -2.16. The standard InChI is InChI=1S/C15H21N3/c1-12(2)17-15-16-9-10-18(15)11-13(3)14-7-5-4-6-8-14/h4-10,12-13H,11H2,1-3H3,(H,16,17). The molecular formula is C15H21N3. The Morgan fingerprint density at radius 2 is 1.89 bits per heavy atom. The number of hydrogen-bond donors (Lipinski definition) is 1. The van der Waals surface area contributed by atoms with Gasteiger partial charge in [-0.15, -0.1) is 0 Å². The van der Waals surface area contributed by atoms with Crippen LogP contribution in [0.1, 0.15) is 32.3 Å². The molecule has 0 spiro atoms. The molecule has 2 rings (SSSR count). The van der Waals surface area contributed by atoms with E-state index < -0.39 is 0 Å². The predicted molar refractivity (Wildman–Crippen MR) is 75.8 cm³/mol. The third-order valence-electron chi connectivity index (χ3n) is 2.97. The number of imidazole rings is 1. The second-order valence-corrected chi connectivity index (χ2v) is 5.01. The number of aromatic nitrogens is 2. The number of anilines is 1. The fourth-order valence-corrected chi connectivity index (χ4v) is 2.04. The van der Waals surface area contributed by atoms with Gasteiger partial charge in [0, 0.05) is 25.0 Å². The normalized spacial score (nSPS) is 12.7. The van der Waals surface area contributed by atoms with E-state index in [2.05, 4.69) is 66.0 Å². The first-order chi connectivity index (χ1) is 8.66. The van der Waals surface area contributed by atoms with Crippen LogP contribution in [0.3, 0.4) is 0 Å². The van der Waals surface area contributed by atoms with Crippen molar-refractivity contribution >= 4 is 5.95 Å². The second-order valence-electron chi connectivity index (χ2n) is 5.01. The van der Waals surface area contributed by atoms with Gasteiger partial charge in [-0.05, 0) is 25.3 Å². The van der Waals surface area contributed by atoms with E-state index in [4.69, 9.17) is 0 Å². The molecule has 0 aliphatic rings. The topological polar surface area (TPSA) is 29.9 Å². The van der Waals surface area contributed by atoms with Crippen molar-refractivity contribution in [2.45, 2.75) is 39.3 Å². The molecule has 1 atom stereocenters. The zero-order valence-corrected chi connectivity index (χ0v) is 11.3. The fourth-order valence-electron chi connectivity index (χ4n) is 2.04. The summed E-state index contributed by atoms with van der Waals surface area (Å²) in [5, 5.41) is 3.36. The van der Waals surface area contributed by atoms with Crippen LogP contribution in [0.15, 0.2) is 42.7 Å². The molecule has 0 radical (unpaired) electrons. The average Bonchev–Trinajstić information content (AvgIpc) is 2.77. The summed E-state index contributed by atoms with van der Waals surface area (Å²) in [6.07, 6.45) is 3.88. The van der Waals surface area contributed by atoms with E-state index in [0.29, 0.717) is 12.0 Å². The molecule has 1 unspecified atom stereocenters. The monoisotopic (exact) mass is 243 g/mol. The Morgan fingerprint density at radius 1 is 1.17 bits per heavy atom. The summed E-state index contributed by atoms with van der Waals surface area (Å²) in [5.74, 6) is 1.43. The first-order valence-corrected chi connectivity index (χ1v) is 6.49. The highest BCUT2D eigenvalue weighted by Crippen LogP contribution is 2.19. The molecule has 1 aromatic heterocycles. The van der Waals surface area contributed by atoms with Crippen molar-refractivity contribution in [2.75, 3.05) is 5.32 Å². The molecule has 18 heavy (non-hydrogen) atoms. The van der Waals surface area contributed by atoms with E-state index in [1.54, 1.807) is 0 Å². The molecular weight excluding hydrogens is 222 g/mol. The molecule has 0 amide bonds. The number of hydrogen-bond acceptors (Lipinski definition) is 2. The van der Waals surface area contributed by atoms with Crippen LogP contribution in [0.2, 0.25) is 0 Å². The van der Waals surface area contributed by atoms with Gasteiger partial charge in [0.1, 0.15) is 0 Å². The van der Waals surface area contributed by atoms with Crippen LogP contribution in [-0.2, 0) is 6.54 Å². The zero-order valence-electron chi connectivity index (χ0n) is 11.3. The Labute approximate surface area is 109 Å². The Bertz CT molecular complexity index is 473. The third-order valence-corrected chi connectivity index (χ3v) is 2.97. The lowest BCUT2D eigenvalue weighted by molar-refractivity contribution is 0.598. The first kappa shape index (κ1) is 12.7. The van der Waals surface area contributed by atoms with Crippen LogP contribution in [-0.4, -0.2) is 15.6 Å². The number of rotatable bonds is 5. The average molecular weight is 243 g/mol. The van der Waals surface area contributed by atoms with Gasteiger partial charge in [-0.3, -0.25) is 0 Å². The van der Waals surface area contributed by atoms with Crippen LogP contribution >= 0.6 is 0 Å². The van der Waals surface area contributed by atoms with Crippen molar-refractivity contribution in [1.29, 1.82) is 0 Å². The maximum Gasteiger partial charge on any atom is 0.202 e. The van der Waals surface area contributed by atoms with E-state index in [-0.39, 0.29) is 0 Å². The maximum absolute atomic E-state index is 4.35. The molecule has 0 aliphatic carbocycles. The van der Waals surface area contributed by atoms with Gasteiger partial charge in [0.25, 0.3) is 0 Å². The van der Waals surface area contributed by atoms with Gasteiger partial charge >= 0.3 is 0 Å². The zero-order chi connectivity index (χ0) is 13.0. The lowest BCUT2D eigenvalue weighted by Crippen LogP contribution is -2.16. The van der Waals surface area contributed by atoms with E-state index in [0.717, 1.165) is 12.5 Å². The molecule has 96 valence electrons. The van der Waals surface area contributed by atoms with Gasteiger partial charge in [0.2, 0.25) is 5.95 Å². The van der Waals surface area contributed by atoms with Gasteiger partial charge in [-0.25, -0.2) is 4.98 Å². The maximum atomic E-state index is 4.35. The molecule has 1 N–H and O–H groups in total. The third kappa shape index (κ3) is 3.13. The van der Waals surface area contributed by atoms with Crippen LogP contribution in [0, 0.1) is 0 Å². The van der Waals surface area contributed by atoms with Crippen LogP contribution in [0.25, 0.3) is 0 Å². The predicted octanol–water partition coefficient (Wildman–Crippen LogP) is 3.51. The summed E-state index contributed by atoms with van der Waals surface area (Å²) in [5.41, 5.74) is 1.36. The molecule has 0 fully saturated rings. The summed E-state index contributed by atoms with van der Waals surface area (Å²) in [7, 11) is 0. The number of nitrogens with one attached hydrogen (secondary N) is 1. The van der Waals surface area contributed by atoms with Crippen molar-refractivity contribution < 1.29 is 0 Å². The molecule has 3 heteroatoms. The van der Waals surface area contributed by atoms with E-state index in [1.807, 2.05) is 12.4 Å². The molecule has 1 aromatic carbocycles. The van der Waals surface area contributed by atoms with Crippen molar-refractivity contribution in [1.82, 2.24) is 9.55 Å². The highest BCUT2D eigenvalue weighted by molar-refractivity contribution is 5.28. The minimum absolute atomic E-state index is 0.401. The number of nitrogens with zero attached hydrogens (tertiary/aromatic N) is 2. The smallest absolute Gasteiger partial charge is 0.202 e. The molecule has 0 aliphatic heterocycles. The van der Waals surface area contributed by atoms with Gasteiger partial charge in [-0.2, -0.15) is 0 Å². The lowest BCUT2D eigenvalue weighted by atomic mass is 10.0. The van der Waals surface area contributed by atoms with Gasteiger partial charge < -0.3 is 9.88 Å². The van der Waals surface area contributed by atoms with Crippen molar-refractivity contribution in [3.63, 3.8) is 0 Å². The second kappa shape index (κ2) is 5.71. The van der Waals surface area contributed by atoms with Crippen LogP contribution < -0.4 is 5.32 Å². The summed E-state index contributed by atoms with van der Waals surface area (Å²) < 4.78 is 2.18. The van der Waals surface area contributed by atoms with Crippen molar-refractivity contribution in [3.05, 3.63) is 48.3 Å². The largest absolute Gasteiger partial charge is 0.353 e. The highest BCUT2D eigenvalue weighted by atomic mass is 15.2. The van der Waals surface area contributed by atoms with Gasteiger partial charge in [0.05, 0.1) is 0 Å². The van der Waals surface area contributed by atoms with Crippen molar-refractivity contribution in [3.8, 4) is 0 Å². The Balaban J connectivity index is 2.08. The van der Waals surface area contributed by atoms with E-state index in [1.165, 1.54) is 5.56 Å². The first-order valence-electron chi connectivity index (χ1n) is 6.49. The van der Waals surface area contributed by atoms with E-state index >= 15 is 0 Å². The molecule has 1 heterocycles. The SMILES string of the molecule is CC(C)Nc1nccn1CC(C)c1ccccc1.